The van der Waals surface area contributed by atoms with E-state index in [-0.39, 0.29) is 16.9 Å². The molecule has 1 atom stereocenters. The van der Waals surface area contributed by atoms with Gasteiger partial charge in [0.05, 0.1) is 11.9 Å². The first kappa shape index (κ1) is 30.4. The van der Waals surface area contributed by atoms with Crippen LogP contribution in [0.4, 0.5) is 11.4 Å². The number of ether oxygens (including phenoxy) is 1. The fourth-order valence-corrected chi connectivity index (χ4v) is 4.83. The second kappa shape index (κ2) is 14.9. The summed E-state index contributed by atoms with van der Waals surface area (Å²) in [5, 5.41) is 8.69. The molecule has 9 heteroatoms. The molecule has 1 unspecified atom stereocenters. The van der Waals surface area contributed by atoms with Crippen LogP contribution in [0.15, 0.2) is 114 Å². The predicted octanol–water partition coefficient (Wildman–Crippen LogP) is 7.27. The molecule has 0 aromatic heterocycles. The maximum absolute atomic E-state index is 13.4. The summed E-state index contributed by atoms with van der Waals surface area (Å²) in [6.07, 6.45) is 1.59. The fraction of sp³-hybridized carbons (Fsp3) is 0.121. The Morgan fingerprint density at radius 1 is 0.833 bits per heavy atom. The minimum Gasteiger partial charge on any atom is -0.493 e. The Labute approximate surface area is 254 Å². The van der Waals surface area contributed by atoms with Crippen molar-refractivity contribution in [3.63, 3.8) is 0 Å². The normalized spacial score (nSPS) is 11.7. The van der Waals surface area contributed by atoms with Crippen molar-refractivity contribution in [2.75, 3.05) is 17.2 Å². The molecule has 7 nitrogen and oxygen atoms in total. The van der Waals surface area contributed by atoms with E-state index in [1.165, 1.54) is 11.8 Å². The third kappa shape index (κ3) is 8.73. The Kier molecular flexibility index (Phi) is 10.8. The van der Waals surface area contributed by atoms with Crippen molar-refractivity contribution >= 4 is 58.5 Å². The molecule has 3 N–H and O–H groups in total. The Hall–Kier alpha value is -4.53. The molecule has 0 radical (unpaired) electrons. The maximum atomic E-state index is 13.4. The third-order valence-electron chi connectivity index (χ3n) is 5.95. The second-order valence-corrected chi connectivity index (χ2v) is 10.9. The van der Waals surface area contributed by atoms with Gasteiger partial charge in [0.2, 0.25) is 5.91 Å². The van der Waals surface area contributed by atoms with Gasteiger partial charge in [-0.25, -0.2) is 0 Å². The number of nitrogens with one attached hydrogen (secondary N) is 3. The minimum atomic E-state index is -0.498. The number of carbonyl (C=O) groups excluding carboxylic acids is 3. The SMILES string of the molecule is CCOc1ccccc1/C=C(\NC(=O)c1ccccc1)C(=O)Nc1ccc(SC(C)C(=O)Nc2ccc(Cl)cc2)cc1. The molecule has 0 fully saturated rings. The molecule has 4 aromatic rings. The van der Waals surface area contributed by atoms with Gasteiger partial charge in [0, 0.05) is 32.4 Å². The van der Waals surface area contributed by atoms with Crippen molar-refractivity contribution in [2.45, 2.75) is 24.0 Å². The van der Waals surface area contributed by atoms with E-state index in [0.717, 1.165) is 4.90 Å². The van der Waals surface area contributed by atoms with Gasteiger partial charge in [-0.05, 0) is 86.7 Å². The van der Waals surface area contributed by atoms with E-state index in [1.54, 1.807) is 72.8 Å². The molecule has 42 heavy (non-hydrogen) atoms. The average molecular weight is 600 g/mol. The molecule has 0 bridgehead atoms. The molecular weight excluding hydrogens is 570 g/mol. The summed E-state index contributed by atoms with van der Waals surface area (Å²) >= 11 is 7.30. The van der Waals surface area contributed by atoms with E-state index in [9.17, 15) is 14.4 Å². The van der Waals surface area contributed by atoms with E-state index in [4.69, 9.17) is 16.3 Å². The lowest BCUT2D eigenvalue weighted by Gasteiger charge is -2.14. The van der Waals surface area contributed by atoms with E-state index in [2.05, 4.69) is 16.0 Å². The van der Waals surface area contributed by atoms with Crippen LogP contribution in [-0.4, -0.2) is 29.6 Å². The Morgan fingerprint density at radius 2 is 1.45 bits per heavy atom. The number of rotatable bonds is 11. The third-order valence-corrected chi connectivity index (χ3v) is 7.32. The van der Waals surface area contributed by atoms with Gasteiger partial charge in [-0.2, -0.15) is 0 Å². The van der Waals surface area contributed by atoms with Crippen molar-refractivity contribution < 1.29 is 19.1 Å². The van der Waals surface area contributed by atoms with Crippen LogP contribution < -0.4 is 20.7 Å². The largest absolute Gasteiger partial charge is 0.493 e. The summed E-state index contributed by atoms with van der Waals surface area (Å²) in [6, 6.07) is 30.0. The fourth-order valence-electron chi connectivity index (χ4n) is 3.83. The van der Waals surface area contributed by atoms with Gasteiger partial charge in [0.15, 0.2) is 0 Å². The van der Waals surface area contributed by atoms with Gasteiger partial charge < -0.3 is 20.7 Å². The van der Waals surface area contributed by atoms with E-state index in [1.807, 2.05) is 50.2 Å². The number of hydrogen-bond acceptors (Lipinski definition) is 5. The molecule has 0 aliphatic heterocycles. The average Bonchev–Trinajstić information content (AvgIpc) is 3.00. The Bertz CT molecular complexity index is 1560. The first-order valence-electron chi connectivity index (χ1n) is 13.3. The topological polar surface area (TPSA) is 96.5 Å². The van der Waals surface area contributed by atoms with Crippen molar-refractivity contribution in [1.29, 1.82) is 0 Å². The number of halogens is 1. The molecule has 3 amide bonds. The van der Waals surface area contributed by atoms with Crippen molar-refractivity contribution in [1.82, 2.24) is 5.32 Å². The van der Waals surface area contributed by atoms with Gasteiger partial charge in [0.1, 0.15) is 11.4 Å². The number of hydrogen-bond donors (Lipinski definition) is 3. The summed E-state index contributed by atoms with van der Waals surface area (Å²) in [7, 11) is 0. The zero-order valence-corrected chi connectivity index (χ0v) is 24.7. The van der Waals surface area contributed by atoms with Crippen LogP contribution in [0.25, 0.3) is 6.08 Å². The molecular formula is C33H30ClN3O4S. The highest BCUT2D eigenvalue weighted by Crippen LogP contribution is 2.26. The van der Waals surface area contributed by atoms with Gasteiger partial charge in [-0.15, -0.1) is 11.8 Å². The summed E-state index contributed by atoms with van der Waals surface area (Å²) in [6.45, 7) is 4.15. The van der Waals surface area contributed by atoms with Crippen LogP contribution >= 0.6 is 23.4 Å². The highest BCUT2D eigenvalue weighted by atomic mass is 35.5. The predicted molar refractivity (Wildman–Crippen MR) is 170 cm³/mol. The van der Waals surface area contributed by atoms with E-state index >= 15 is 0 Å². The minimum absolute atomic E-state index is 0.0574. The number of anilines is 2. The molecule has 0 aliphatic carbocycles. The smallest absolute Gasteiger partial charge is 0.272 e. The van der Waals surface area contributed by atoms with Crippen LogP contribution in [0.2, 0.25) is 5.02 Å². The number of para-hydroxylation sites is 1. The molecule has 0 saturated carbocycles. The molecule has 0 aliphatic rings. The van der Waals surface area contributed by atoms with Crippen LogP contribution in [0.5, 0.6) is 5.75 Å². The molecule has 4 rings (SSSR count). The summed E-state index contributed by atoms with van der Waals surface area (Å²) < 4.78 is 5.70. The first-order chi connectivity index (χ1) is 20.3. The number of amides is 3. The molecule has 0 heterocycles. The lowest BCUT2D eigenvalue weighted by molar-refractivity contribution is -0.115. The Balaban J connectivity index is 1.46. The van der Waals surface area contributed by atoms with Gasteiger partial charge >= 0.3 is 0 Å². The molecule has 214 valence electrons. The van der Waals surface area contributed by atoms with Crippen molar-refractivity contribution in [2.24, 2.45) is 0 Å². The van der Waals surface area contributed by atoms with Crippen LogP contribution in [0.3, 0.4) is 0 Å². The van der Waals surface area contributed by atoms with Crippen LogP contribution in [-0.2, 0) is 9.59 Å². The summed E-state index contributed by atoms with van der Waals surface area (Å²) in [4.78, 5) is 39.8. The van der Waals surface area contributed by atoms with Crippen molar-refractivity contribution in [3.8, 4) is 5.75 Å². The summed E-state index contributed by atoms with van der Waals surface area (Å²) in [5.74, 6) is -0.462. The standard InChI is InChI=1S/C33H30ClN3O4S/c1-3-41-30-12-8-7-11-24(30)21-29(37-32(39)23-9-5-4-6-10-23)33(40)36-27-17-19-28(20-18-27)42-22(2)31(38)35-26-15-13-25(34)14-16-26/h4-22H,3H2,1-2H3,(H,35,38)(H,36,40)(H,37,39)/b29-21-. The quantitative estimate of drug-likeness (QED) is 0.124. The number of carbonyl (C=O) groups is 3. The monoisotopic (exact) mass is 599 g/mol. The van der Waals surface area contributed by atoms with Crippen molar-refractivity contribution in [3.05, 3.63) is 125 Å². The summed E-state index contributed by atoms with van der Waals surface area (Å²) in [5.41, 5.74) is 2.32. The number of benzene rings is 4. The lowest BCUT2D eigenvalue weighted by Crippen LogP contribution is -2.30. The maximum Gasteiger partial charge on any atom is 0.272 e. The molecule has 0 saturated heterocycles. The highest BCUT2D eigenvalue weighted by molar-refractivity contribution is 8.00. The lowest BCUT2D eigenvalue weighted by atomic mass is 10.1. The zero-order chi connectivity index (χ0) is 29.9. The number of thioether (sulfide) groups is 1. The van der Waals surface area contributed by atoms with Crippen LogP contribution in [0, 0.1) is 0 Å². The second-order valence-electron chi connectivity index (χ2n) is 9.08. The first-order valence-corrected chi connectivity index (χ1v) is 14.5. The van der Waals surface area contributed by atoms with Crippen LogP contribution in [0.1, 0.15) is 29.8 Å². The van der Waals surface area contributed by atoms with Gasteiger partial charge in [-0.1, -0.05) is 48.0 Å². The van der Waals surface area contributed by atoms with E-state index in [0.29, 0.717) is 39.9 Å². The molecule has 4 aromatic carbocycles. The zero-order valence-electron chi connectivity index (χ0n) is 23.1. The van der Waals surface area contributed by atoms with Gasteiger partial charge in [-0.3, -0.25) is 14.4 Å². The molecule has 0 spiro atoms. The van der Waals surface area contributed by atoms with E-state index < -0.39 is 11.8 Å². The van der Waals surface area contributed by atoms with Gasteiger partial charge in [0.25, 0.3) is 11.8 Å². The Morgan fingerprint density at radius 3 is 2.14 bits per heavy atom. The highest BCUT2D eigenvalue weighted by Gasteiger charge is 2.17.